The number of carbonyl (C=O) groups is 3. The third-order valence-corrected chi connectivity index (χ3v) is 5.57. The van der Waals surface area contributed by atoms with E-state index < -0.39 is 29.3 Å². The number of rotatable bonds is 6. The van der Waals surface area contributed by atoms with E-state index in [9.17, 15) is 24.5 Å². The lowest BCUT2D eigenvalue weighted by Gasteiger charge is -2.17. The van der Waals surface area contributed by atoms with Gasteiger partial charge in [0, 0.05) is 35.7 Å². The topological polar surface area (TPSA) is 119 Å². The number of hydrogen-bond donors (Lipinski definition) is 1. The molecule has 0 radical (unpaired) electrons. The summed E-state index contributed by atoms with van der Waals surface area (Å²) in [4.78, 5) is 49.2. The Morgan fingerprint density at radius 2 is 1.91 bits per heavy atom. The summed E-state index contributed by atoms with van der Waals surface area (Å²) in [6.45, 7) is 1.16. The number of hydrogen-bond acceptors (Lipinski definition) is 6. The number of amides is 2. The van der Waals surface area contributed by atoms with Crippen LogP contribution in [-0.4, -0.2) is 35.9 Å². The van der Waals surface area contributed by atoms with Crippen LogP contribution in [0.15, 0.2) is 60.7 Å². The van der Waals surface area contributed by atoms with Crippen molar-refractivity contribution in [2.75, 3.05) is 23.4 Å². The van der Waals surface area contributed by atoms with Gasteiger partial charge in [-0.25, -0.2) is 0 Å². The molecule has 9 nitrogen and oxygen atoms in total. The number of carbonyl (C=O) groups excluding carboxylic acids is 3. The zero-order chi connectivity index (χ0) is 23.5. The molecule has 1 N–H and O–H groups in total. The number of esters is 1. The minimum absolute atomic E-state index is 0.0306. The molecule has 0 saturated carbocycles. The molecular formula is C24H21N3O6. The van der Waals surface area contributed by atoms with E-state index in [1.54, 1.807) is 25.1 Å². The van der Waals surface area contributed by atoms with E-state index in [1.807, 2.05) is 36.4 Å². The Kier molecular flexibility index (Phi) is 6.03. The highest BCUT2D eigenvalue weighted by Crippen LogP contribution is 2.30. The van der Waals surface area contributed by atoms with Gasteiger partial charge in [0.1, 0.15) is 0 Å². The SMILES string of the molecule is Cc1ccc(N2C[C@@H](C(=O)OCC(=O)Nc3cccc4ccccc34)CC2=O)cc1[N+](=O)[O-]. The molecule has 4 rings (SSSR count). The number of aryl methyl sites for hydroxylation is 1. The highest BCUT2D eigenvalue weighted by Gasteiger charge is 2.37. The zero-order valence-corrected chi connectivity index (χ0v) is 17.8. The Morgan fingerprint density at radius 1 is 1.15 bits per heavy atom. The van der Waals surface area contributed by atoms with Gasteiger partial charge in [0.05, 0.1) is 16.5 Å². The van der Waals surface area contributed by atoms with Gasteiger partial charge in [-0.15, -0.1) is 0 Å². The molecule has 0 bridgehead atoms. The van der Waals surface area contributed by atoms with Crippen LogP contribution in [-0.2, 0) is 19.1 Å². The normalized spacial score (nSPS) is 15.5. The predicted octanol–water partition coefficient (Wildman–Crippen LogP) is 3.59. The van der Waals surface area contributed by atoms with Crippen LogP contribution in [0.5, 0.6) is 0 Å². The van der Waals surface area contributed by atoms with Gasteiger partial charge in [-0.3, -0.25) is 24.5 Å². The van der Waals surface area contributed by atoms with Crippen LogP contribution in [0.2, 0.25) is 0 Å². The van der Waals surface area contributed by atoms with Crippen molar-refractivity contribution in [2.24, 2.45) is 5.92 Å². The monoisotopic (exact) mass is 447 g/mol. The second kappa shape index (κ2) is 9.07. The van der Waals surface area contributed by atoms with Crippen molar-refractivity contribution in [3.05, 3.63) is 76.3 Å². The summed E-state index contributed by atoms with van der Waals surface area (Å²) < 4.78 is 5.15. The Bertz CT molecular complexity index is 1270. The fraction of sp³-hybridized carbons (Fsp3) is 0.208. The molecule has 1 aliphatic heterocycles. The van der Waals surface area contributed by atoms with Crippen LogP contribution in [0.1, 0.15) is 12.0 Å². The molecule has 3 aromatic rings. The molecule has 2 amide bonds. The van der Waals surface area contributed by atoms with E-state index in [0.29, 0.717) is 16.9 Å². The summed E-state index contributed by atoms with van der Waals surface area (Å²) in [6.07, 6.45) is -0.0918. The lowest BCUT2D eigenvalue weighted by Crippen LogP contribution is -2.28. The Balaban J connectivity index is 1.36. The fourth-order valence-electron chi connectivity index (χ4n) is 3.85. The number of ether oxygens (including phenoxy) is 1. The number of nitrogens with zero attached hydrogens (tertiary/aromatic N) is 2. The third kappa shape index (κ3) is 4.67. The molecule has 1 saturated heterocycles. The average Bonchev–Trinajstić information content (AvgIpc) is 3.19. The van der Waals surface area contributed by atoms with Crippen LogP contribution < -0.4 is 10.2 Å². The molecule has 168 valence electrons. The lowest BCUT2D eigenvalue weighted by atomic mass is 10.1. The van der Waals surface area contributed by atoms with E-state index in [1.165, 1.54) is 11.0 Å². The number of nitro groups is 1. The maximum Gasteiger partial charge on any atom is 0.311 e. The molecule has 9 heteroatoms. The van der Waals surface area contributed by atoms with Crippen LogP contribution >= 0.6 is 0 Å². The van der Waals surface area contributed by atoms with Crippen molar-refractivity contribution in [1.29, 1.82) is 0 Å². The largest absolute Gasteiger partial charge is 0.455 e. The van der Waals surface area contributed by atoms with Crippen molar-refractivity contribution < 1.29 is 24.0 Å². The Morgan fingerprint density at radius 3 is 2.70 bits per heavy atom. The average molecular weight is 447 g/mol. The standard InChI is InChI=1S/C24H21N3O6/c1-15-9-10-18(12-21(15)27(31)32)26-13-17(11-23(26)29)24(30)33-14-22(28)25-20-8-4-6-16-5-2-3-7-19(16)20/h2-10,12,17H,11,13-14H2,1H3,(H,25,28)/t17-/m0/s1. The van der Waals surface area contributed by atoms with Gasteiger partial charge in [-0.1, -0.05) is 42.5 Å². The van der Waals surface area contributed by atoms with E-state index >= 15 is 0 Å². The first-order valence-corrected chi connectivity index (χ1v) is 10.3. The maximum absolute atomic E-state index is 12.5. The first-order valence-electron chi connectivity index (χ1n) is 10.3. The molecule has 0 aliphatic carbocycles. The summed E-state index contributed by atoms with van der Waals surface area (Å²) in [5.41, 5.74) is 1.33. The molecule has 1 fully saturated rings. The second-order valence-electron chi connectivity index (χ2n) is 7.82. The third-order valence-electron chi connectivity index (χ3n) is 5.57. The number of benzene rings is 3. The minimum Gasteiger partial charge on any atom is -0.455 e. The van der Waals surface area contributed by atoms with Crippen molar-refractivity contribution in [1.82, 2.24) is 0 Å². The van der Waals surface area contributed by atoms with Gasteiger partial charge < -0.3 is 15.0 Å². The summed E-state index contributed by atoms with van der Waals surface area (Å²) in [6, 6.07) is 17.6. The Labute approximate surface area is 189 Å². The van der Waals surface area contributed by atoms with E-state index in [4.69, 9.17) is 4.74 Å². The Hall–Kier alpha value is -4.27. The first-order chi connectivity index (χ1) is 15.8. The van der Waals surface area contributed by atoms with Gasteiger partial charge in [-0.05, 0) is 24.4 Å². The van der Waals surface area contributed by atoms with Gasteiger partial charge in [-0.2, -0.15) is 0 Å². The highest BCUT2D eigenvalue weighted by atomic mass is 16.6. The second-order valence-corrected chi connectivity index (χ2v) is 7.82. The summed E-state index contributed by atoms with van der Waals surface area (Å²) in [5, 5.41) is 15.8. The lowest BCUT2D eigenvalue weighted by molar-refractivity contribution is -0.385. The molecule has 0 spiro atoms. The molecule has 1 heterocycles. The minimum atomic E-state index is -0.761. The summed E-state index contributed by atoms with van der Waals surface area (Å²) in [5.74, 6) is -2.26. The van der Waals surface area contributed by atoms with Crippen molar-refractivity contribution in [3.8, 4) is 0 Å². The van der Waals surface area contributed by atoms with Gasteiger partial charge in [0.25, 0.3) is 11.6 Å². The fourth-order valence-corrected chi connectivity index (χ4v) is 3.85. The van der Waals surface area contributed by atoms with E-state index in [-0.39, 0.29) is 24.6 Å². The van der Waals surface area contributed by atoms with Crippen molar-refractivity contribution in [3.63, 3.8) is 0 Å². The highest BCUT2D eigenvalue weighted by molar-refractivity contribution is 6.03. The van der Waals surface area contributed by atoms with Crippen LogP contribution in [0, 0.1) is 23.0 Å². The summed E-state index contributed by atoms with van der Waals surface area (Å²) >= 11 is 0. The quantitative estimate of drug-likeness (QED) is 0.350. The molecule has 0 unspecified atom stereocenters. The molecule has 1 aliphatic rings. The number of anilines is 2. The smallest absolute Gasteiger partial charge is 0.311 e. The van der Waals surface area contributed by atoms with Gasteiger partial charge >= 0.3 is 5.97 Å². The molecule has 3 aromatic carbocycles. The van der Waals surface area contributed by atoms with Crippen LogP contribution in [0.4, 0.5) is 17.1 Å². The van der Waals surface area contributed by atoms with Crippen molar-refractivity contribution in [2.45, 2.75) is 13.3 Å². The molecule has 0 aromatic heterocycles. The number of fused-ring (bicyclic) bond motifs is 1. The number of nitrogens with one attached hydrogen (secondary N) is 1. The summed E-state index contributed by atoms with van der Waals surface area (Å²) in [7, 11) is 0. The van der Waals surface area contributed by atoms with Crippen LogP contribution in [0.25, 0.3) is 10.8 Å². The first kappa shape index (κ1) is 21.9. The number of nitro benzene ring substituents is 1. The van der Waals surface area contributed by atoms with E-state index in [0.717, 1.165) is 10.8 Å². The zero-order valence-electron chi connectivity index (χ0n) is 17.8. The predicted molar refractivity (Wildman–Crippen MR) is 122 cm³/mol. The van der Waals surface area contributed by atoms with Crippen LogP contribution in [0.3, 0.4) is 0 Å². The van der Waals surface area contributed by atoms with Gasteiger partial charge in [0.2, 0.25) is 5.91 Å². The molecule has 33 heavy (non-hydrogen) atoms. The molecular weight excluding hydrogens is 426 g/mol. The maximum atomic E-state index is 12.5. The van der Waals surface area contributed by atoms with Crippen molar-refractivity contribution >= 4 is 45.6 Å². The van der Waals surface area contributed by atoms with E-state index in [2.05, 4.69) is 5.32 Å². The van der Waals surface area contributed by atoms with Gasteiger partial charge in [0.15, 0.2) is 6.61 Å². The molecule has 1 atom stereocenters.